The van der Waals surface area contributed by atoms with Crippen molar-refractivity contribution in [1.29, 1.82) is 0 Å². The van der Waals surface area contributed by atoms with Crippen LogP contribution in [0.2, 0.25) is 0 Å². The molecule has 28 heavy (non-hydrogen) atoms. The van der Waals surface area contributed by atoms with Crippen molar-refractivity contribution in [2.45, 2.75) is 37.2 Å². The Morgan fingerprint density at radius 3 is 2.29 bits per heavy atom. The van der Waals surface area contributed by atoms with Crippen LogP contribution in [0, 0.1) is 0 Å². The topological polar surface area (TPSA) is 54.0 Å². The first-order valence-corrected chi connectivity index (χ1v) is 8.94. The fraction of sp³-hybridized carbons (Fsp3) is 0.400. The van der Waals surface area contributed by atoms with E-state index in [1.165, 1.54) is 7.11 Å². The van der Waals surface area contributed by atoms with E-state index in [2.05, 4.69) is 10.1 Å². The number of hydrogen-bond acceptors (Lipinski definition) is 5. The fourth-order valence-electron chi connectivity index (χ4n) is 3.68. The monoisotopic (exact) mass is 396 g/mol. The molecule has 1 aliphatic rings. The van der Waals surface area contributed by atoms with Gasteiger partial charge in [-0.3, -0.25) is 10.1 Å². The van der Waals surface area contributed by atoms with Gasteiger partial charge >= 0.3 is 6.36 Å². The van der Waals surface area contributed by atoms with Gasteiger partial charge in [0.2, 0.25) is 0 Å². The molecule has 3 atom stereocenters. The van der Waals surface area contributed by atoms with Gasteiger partial charge in [-0.2, -0.15) is 5.06 Å². The molecule has 152 valence electrons. The lowest BCUT2D eigenvalue weighted by atomic mass is 9.86. The molecule has 1 saturated heterocycles. The van der Waals surface area contributed by atoms with E-state index in [0.29, 0.717) is 5.56 Å². The lowest BCUT2D eigenvalue weighted by Crippen LogP contribution is -2.65. The third-order valence-corrected chi connectivity index (χ3v) is 4.92. The summed E-state index contributed by atoms with van der Waals surface area (Å²) in [5, 5.41) is 14.9. The zero-order valence-corrected chi connectivity index (χ0v) is 15.4. The normalized spacial score (nSPS) is 25.8. The van der Waals surface area contributed by atoms with Crippen LogP contribution in [0.5, 0.6) is 0 Å². The van der Waals surface area contributed by atoms with Crippen molar-refractivity contribution in [2.75, 3.05) is 13.7 Å². The number of methoxy groups -OCH3 is 1. The minimum Gasteiger partial charge on any atom is -0.358 e. The van der Waals surface area contributed by atoms with Gasteiger partial charge in [0.15, 0.2) is 5.72 Å². The average molecular weight is 396 g/mol. The van der Waals surface area contributed by atoms with Crippen molar-refractivity contribution in [1.82, 2.24) is 10.4 Å². The second-order valence-electron chi connectivity index (χ2n) is 6.71. The summed E-state index contributed by atoms with van der Waals surface area (Å²) >= 11 is 0. The third-order valence-electron chi connectivity index (χ3n) is 4.92. The molecule has 2 N–H and O–H groups in total. The van der Waals surface area contributed by atoms with E-state index in [1.807, 2.05) is 60.7 Å². The van der Waals surface area contributed by atoms with Crippen LogP contribution in [-0.4, -0.2) is 42.4 Å². The molecule has 3 rings (SSSR count). The van der Waals surface area contributed by atoms with Crippen molar-refractivity contribution < 1.29 is 27.9 Å². The number of nitrogens with one attached hydrogen (secondary N) is 1. The number of halogens is 3. The molecule has 1 fully saturated rings. The van der Waals surface area contributed by atoms with Crippen molar-refractivity contribution in [3.8, 4) is 0 Å². The smallest absolute Gasteiger partial charge is 0.358 e. The van der Waals surface area contributed by atoms with Gasteiger partial charge in [0.25, 0.3) is 0 Å². The maximum absolute atomic E-state index is 12.8. The Morgan fingerprint density at radius 1 is 1.11 bits per heavy atom. The summed E-state index contributed by atoms with van der Waals surface area (Å²) < 4.78 is 48.3. The summed E-state index contributed by atoms with van der Waals surface area (Å²) in [6.07, 6.45) is -5.97. The van der Waals surface area contributed by atoms with Crippen LogP contribution >= 0.6 is 0 Å². The number of hydrogen-bond donors (Lipinski definition) is 2. The van der Waals surface area contributed by atoms with E-state index < -0.39 is 24.2 Å². The highest BCUT2D eigenvalue weighted by Crippen LogP contribution is 2.37. The van der Waals surface area contributed by atoms with Gasteiger partial charge in [0.05, 0.1) is 12.1 Å². The van der Waals surface area contributed by atoms with E-state index in [-0.39, 0.29) is 19.5 Å². The number of alkyl halides is 3. The van der Waals surface area contributed by atoms with E-state index in [0.717, 1.165) is 10.6 Å². The molecule has 1 heterocycles. The van der Waals surface area contributed by atoms with Gasteiger partial charge in [-0.15, -0.1) is 13.2 Å². The maximum Gasteiger partial charge on any atom is 0.522 e. The van der Waals surface area contributed by atoms with Gasteiger partial charge in [-0.05, 0) is 12.0 Å². The fourth-order valence-corrected chi connectivity index (χ4v) is 3.68. The third kappa shape index (κ3) is 4.71. The highest BCUT2D eigenvalue weighted by molar-refractivity contribution is 5.26. The van der Waals surface area contributed by atoms with Gasteiger partial charge in [0.1, 0.15) is 0 Å². The number of ether oxygens (including phenoxy) is 2. The van der Waals surface area contributed by atoms with E-state index in [9.17, 15) is 18.4 Å². The highest BCUT2D eigenvalue weighted by atomic mass is 19.4. The second-order valence-corrected chi connectivity index (χ2v) is 6.71. The molecular formula is C20H23F3N2O3. The van der Waals surface area contributed by atoms with Crippen molar-refractivity contribution in [2.24, 2.45) is 0 Å². The number of piperidine rings is 1. The summed E-state index contributed by atoms with van der Waals surface area (Å²) in [5.41, 5.74) is 0.345. The summed E-state index contributed by atoms with van der Waals surface area (Å²) in [6.45, 7) is 0.0573. The molecule has 0 spiro atoms. The predicted octanol–water partition coefficient (Wildman–Crippen LogP) is 3.64. The van der Waals surface area contributed by atoms with Crippen LogP contribution in [0.1, 0.15) is 17.5 Å². The molecule has 0 radical (unpaired) electrons. The van der Waals surface area contributed by atoms with E-state index in [1.54, 1.807) is 0 Å². The van der Waals surface area contributed by atoms with E-state index in [4.69, 9.17) is 4.74 Å². The van der Waals surface area contributed by atoms with Crippen LogP contribution in [0.4, 0.5) is 13.2 Å². The Labute approximate surface area is 161 Å². The molecule has 2 aromatic rings. The lowest BCUT2D eigenvalue weighted by molar-refractivity contribution is -0.353. The first-order valence-electron chi connectivity index (χ1n) is 8.94. The molecule has 1 aliphatic heterocycles. The second kappa shape index (κ2) is 8.59. The molecule has 0 bridgehead atoms. The molecular weight excluding hydrogens is 373 g/mol. The minimum atomic E-state index is -4.75. The highest BCUT2D eigenvalue weighted by Gasteiger charge is 2.50. The van der Waals surface area contributed by atoms with Gasteiger partial charge in [-0.25, -0.2) is 0 Å². The summed E-state index contributed by atoms with van der Waals surface area (Å²) in [7, 11) is 1.47. The molecule has 2 aromatic carbocycles. The molecule has 0 saturated carbocycles. The molecule has 0 amide bonds. The Balaban J connectivity index is 1.91. The van der Waals surface area contributed by atoms with Crippen molar-refractivity contribution >= 4 is 0 Å². The Kier molecular flexibility index (Phi) is 6.36. The summed E-state index contributed by atoms with van der Waals surface area (Å²) in [5.74, 6) is 0. The number of hydroxylamine groups is 2. The molecule has 5 nitrogen and oxygen atoms in total. The summed E-state index contributed by atoms with van der Waals surface area (Å²) in [4.78, 5) is 0. The van der Waals surface area contributed by atoms with Crippen LogP contribution in [0.15, 0.2) is 60.7 Å². The number of rotatable bonds is 6. The molecule has 3 unspecified atom stereocenters. The Hall–Kier alpha value is -1.97. The van der Waals surface area contributed by atoms with Crippen LogP contribution < -0.4 is 5.32 Å². The van der Waals surface area contributed by atoms with Crippen molar-refractivity contribution in [3.05, 3.63) is 71.8 Å². The SMILES string of the molecule is COC1(c2ccccc2)NCC(OC(F)(F)F)CC1N(O)Cc1ccccc1. The van der Waals surface area contributed by atoms with Crippen LogP contribution in [0.25, 0.3) is 0 Å². The molecule has 8 heteroatoms. The first kappa shape index (κ1) is 20.8. The molecule has 0 aromatic heterocycles. The van der Waals surface area contributed by atoms with Crippen LogP contribution in [-0.2, 0) is 21.7 Å². The zero-order valence-electron chi connectivity index (χ0n) is 15.4. The van der Waals surface area contributed by atoms with Crippen molar-refractivity contribution in [3.63, 3.8) is 0 Å². The predicted molar refractivity (Wildman–Crippen MR) is 96.2 cm³/mol. The number of benzene rings is 2. The maximum atomic E-state index is 12.8. The zero-order chi connectivity index (χ0) is 20.2. The molecule has 0 aliphatic carbocycles. The summed E-state index contributed by atoms with van der Waals surface area (Å²) in [6, 6.07) is 17.4. The number of nitrogens with zero attached hydrogens (tertiary/aromatic N) is 1. The van der Waals surface area contributed by atoms with Gasteiger partial charge in [0, 0.05) is 25.8 Å². The standard InChI is InChI=1S/C20H23F3N2O3/c1-27-19(16-10-6-3-7-11-16)18(12-17(13-24-19)28-20(21,22)23)25(26)14-15-8-4-2-5-9-15/h2-11,17-18,24,26H,12-14H2,1H3. The average Bonchev–Trinajstić information content (AvgIpc) is 2.68. The van der Waals surface area contributed by atoms with Gasteiger partial charge < -0.3 is 9.94 Å². The van der Waals surface area contributed by atoms with Gasteiger partial charge in [-0.1, -0.05) is 60.7 Å². The van der Waals surface area contributed by atoms with Crippen LogP contribution in [0.3, 0.4) is 0 Å². The first-order chi connectivity index (χ1) is 13.3. The largest absolute Gasteiger partial charge is 0.522 e. The Morgan fingerprint density at radius 2 is 1.71 bits per heavy atom. The quantitative estimate of drug-likeness (QED) is 0.731. The Bertz CT molecular complexity index is 745. The van der Waals surface area contributed by atoms with E-state index >= 15 is 0 Å². The minimum absolute atomic E-state index is 0.0709. The lowest BCUT2D eigenvalue weighted by Gasteiger charge is -2.48.